The molecule has 0 fully saturated rings. The molecule has 2 rings (SSSR count). The van der Waals surface area contributed by atoms with Gasteiger partial charge >= 0.3 is 0 Å². The fraction of sp³-hybridized carbons (Fsp3) is 0. The number of anilines is 1. The Morgan fingerprint density at radius 3 is 2.31 bits per heavy atom. The highest BCUT2D eigenvalue weighted by Gasteiger charge is 1.89. The highest BCUT2D eigenvalue weighted by atomic mass is 79.9. The van der Waals surface area contributed by atoms with E-state index >= 15 is 0 Å². The second-order valence-corrected chi connectivity index (χ2v) is 4.20. The molecule has 0 aliphatic rings. The van der Waals surface area contributed by atoms with Crippen LogP contribution in [0.3, 0.4) is 0 Å². The third-order valence-corrected chi connectivity index (χ3v) is 2.58. The maximum atomic E-state index is 4.15. The van der Waals surface area contributed by atoms with E-state index in [1.54, 1.807) is 6.21 Å². The lowest BCUT2D eigenvalue weighted by Crippen LogP contribution is -1.89. The molecule has 80 valence electrons. The molecule has 3 heteroatoms. The standard InChI is InChI=1S/C13H11BrN2/c14-12-6-8-13(9-7-12)16-15-10-11-4-2-1-3-5-11/h1-10,16H/b15-10+. The highest BCUT2D eigenvalue weighted by Crippen LogP contribution is 2.13. The summed E-state index contributed by atoms with van der Waals surface area (Å²) in [5, 5.41) is 4.15. The Labute approximate surface area is 103 Å². The lowest BCUT2D eigenvalue weighted by molar-refractivity contribution is 1.35. The van der Waals surface area contributed by atoms with Crippen LogP contribution in [-0.2, 0) is 0 Å². The molecule has 0 aliphatic carbocycles. The van der Waals surface area contributed by atoms with Gasteiger partial charge in [-0.25, -0.2) is 0 Å². The number of hydrazone groups is 1. The Hall–Kier alpha value is -1.61. The number of nitrogens with one attached hydrogen (secondary N) is 1. The summed E-state index contributed by atoms with van der Waals surface area (Å²) in [7, 11) is 0. The van der Waals surface area contributed by atoms with Crippen molar-refractivity contribution in [1.29, 1.82) is 0 Å². The van der Waals surface area contributed by atoms with E-state index in [2.05, 4.69) is 26.5 Å². The molecule has 0 unspecified atom stereocenters. The van der Waals surface area contributed by atoms with Gasteiger partial charge in [0.25, 0.3) is 0 Å². The minimum absolute atomic E-state index is 0.968. The number of nitrogens with zero attached hydrogens (tertiary/aromatic N) is 1. The van der Waals surface area contributed by atoms with Crippen molar-refractivity contribution < 1.29 is 0 Å². The molecule has 0 saturated heterocycles. The summed E-state index contributed by atoms with van der Waals surface area (Å²) in [6.07, 6.45) is 1.79. The molecule has 0 saturated carbocycles. The topological polar surface area (TPSA) is 24.4 Å². The van der Waals surface area contributed by atoms with E-state index < -0.39 is 0 Å². The summed E-state index contributed by atoms with van der Waals surface area (Å²) in [5.74, 6) is 0. The Morgan fingerprint density at radius 1 is 0.938 bits per heavy atom. The molecule has 2 aromatic rings. The second kappa shape index (κ2) is 5.47. The molecule has 0 aliphatic heterocycles. The van der Waals surface area contributed by atoms with Gasteiger partial charge in [0.2, 0.25) is 0 Å². The average molecular weight is 275 g/mol. The summed E-state index contributed by atoms with van der Waals surface area (Å²) in [5.41, 5.74) is 5.01. The number of benzene rings is 2. The van der Waals surface area contributed by atoms with Crippen molar-refractivity contribution in [3.05, 3.63) is 64.6 Å². The van der Waals surface area contributed by atoms with Gasteiger partial charge in [-0.15, -0.1) is 0 Å². The molecule has 0 spiro atoms. The Kier molecular flexibility index (Phi) is 3.72. The van der Waals surface area contributed by atoms with Gasteiger partial charge in [0.05, 0.1) is 11.9 Å². The summed E-state index contributed by atoms with van der Waals surface area (Å²) in [6.45, 7) is 0. The van der Waals surface area contributed by atoms with Crippen molar-refractivity contribution in [2.24, 2.45) is 5.10 Å². The zero-order valence-electron chi connectivity index (χ0n) is 8.60. The minimum atomic E-state index is 0.968. The van der Waals surface area contributed by atoms with Gasteiger partial charge in [0, 0.05) is 4.47 Å². The maximum absolute atomic E-state index is 4.15. The van der Waals surface area contributed by atoms with E-state index in [9.17, 15) is 0 Å². The summed E-state index contributed by atoms with van der Waals surface area (Å²) >= 11 is 3.38. The van der Waals surface area contributed by atoms with Gasteiger partial charge in [0.1, 0.15) is 0 Å². The molecule has 16 heavy (non-hydrogen) atoms. The number of rotatable bonds is 3. The molecular formula is C13H11BrN2. The van der Waals surface area contributed by atoms with Crippen LogP contribution < -0.4 is 5.43 Å². The first-order valence-corrected chi connectivity index (χ1v) is 5.73. The van der Waals surface area contributed by atoms with Crippen molar-refractivity contribution >= 4 is 27.8 Å². The van der Waals surface area contributed by atoms with Crippen LogP contribution >= 0.6 is 15.9 Å². The Morgan fingerprint density at radius 2 is 1.62 bits per heavy atom. The fourth-order valence-electron chi connectivity index (χ4n) is 1.24. The van der Waals surface area contributed by atoms with Crippen LogP contribution in [0.1, 0.15) is 5.56 Å². The van der Waals surface area contributed by atoms with Crippen LogP contribution in [0.25, 0.3) is 0 Å². The molecule has 2 nitrogen and oxygen atoms in total. The first-order chi connectivity index (χ1) is 7.84. The first-order valence-electron chi connectivity index (χ1n) is 4.94. The lowest BCUT2D eigenvalue weighted by atomic mass is 10.2. The minimum Gasteiger partial charge on any atom is -0.279 e. The van der Waals surface area contributed by atoms with Gasteiger partial charge < -0.3 is 0 Å². The molecule has 0 radical (unpaired) electrons. The normalized spacial score (nSPS) is 10.6. The molecule has 0 amide bonds. The van der Waals surface area contributed by atoms with Gasteiger partial charge in [-0.2, -0.15) is 5.10 Å². The zero-order valence-corrected chi connectivity index (χ0v) is 10.2. The predicted molar refractivity (Wildman–Crippen MR) is 71.8 cm³/mol. The van der Waals surface area contributed by atoms with Crippen LogP contribution in [-0.4, -0.2) is 6.21 Å². The van der Waals surface area contributed by atoms with E-state index in [4.69, 9.17) is 0 Å². The Balaban J connectivity index is 1.97. The quantitative estimate of drug-likeness (QED) is 0.667. The molecule has 0 heterocycles. The molecule has 0 aromatic heterocycles. The van der Waals surface area contributed by atoms with Crippen molar-refractivity contribution in [3.63, 3.8) is 0 Å². The van der Waals surface area contributed by atoms with E-state index in [1.807, 2.05) is 54.6 Å². The zero-order chi connectivity index (χ0) is 11.2. The van der Waals surface area contributed by atoms with Crippen LogP contribution in [0.15, 0.2) is 64.2 Å². The second-order valence-electron chi connectivity index (χ2n) is 3.29. The average Bonchev–Trinajstić information content (AvgIpc) is 2.33. The summed E-state index contributed by atoms with van der Waals surface area (Å²) < 4.78 is 1.06. The van der Waals surface area contributed by atoms with Crippen molar-refractivity contribution in [3.8, 4) is 0 Å². The van der Waals surface area contributed by atoms with Gasteiger partial charge in [-0.1, -0.05) is 46.3 Å². The molecule has 0 bridgehead atoms. The van der Waals surface area contributed by atoms with Gasteiger partial charge in [-0.05, 0) is 29.8 Å². The number of hydrogen-bond acceptors (Lipinski definition) is 2. The third-order valence-electron chi connectivity index (χ3n) is 2.05. The molecule has 0 atom stereocenters. The van der Waals surface area contributed by atoms with E-state index in [0.29, 0.717) is 0 Å². The maximum Gasteiger partial charge on any atom is 0.0562 e. The smallest absolute Gasteiger partial charge is 0.0562 e. The largest absolute Gasteiger partial charge is 0.279 e. The van der Waals surface area contributed by atoms with Crippen LogP contribution in [0.4, 0.5) is 5.69 Å². The molecular weight excluding hydrogens is 264 g/mol. The summed E-state index contributed by atoms with van der Waals surface area (Å²) in [4.78, 5) is 0. The van der Waals surface area contributed by atoms with Crippen molar-refractivity contribution in [1.82, 2.24) is 0 Å². The van der Waals surface area contributed by atoms with Crippen molar-refractivity contribution in [2.45, 2.75) is 0 Å². The highest BCUT2D eigenvalue weighted by molar-refractivity contribution is 9.10. The summed E-state index contributed by atoms with van der Waals surface area (Å²) in [6, 6.07) is 17.8. The first kappa shape index (κ1) is 10.9. The number of halogens is 1. The monoisotopic (exact) mass is 274 g/mol. The van der Waals surface area contributed by atoms with E-state index in [-0.39, 0.29) is 0 Å². The van der Waals surface area contributed by atoms with Gasteiger partial charge in [0.15, 0.2) is 0 Å². The molecule has 2 aromatic carbocycles. The molecule has 1 N–H and O–H groups in total. The van der Waals surface area contributed by atoms with E-state index in [0.717, 1.165) is 15.7 Å². The Bertz CT molecular complexity index is 463. The SMILES string of the molecule is Brc1ccc(N/N=C/c2ccccc2)cc1. The van der Waals surface area contributed by atoms with Crippen molar-refractivity contribution in [2.75, 3.05) is 5.43 Å². The van der Waals surface area contributed by atoms with Crippen LogP contribution in [0.5, 0.6) is 0 Å². The number of hydrogen-bond donors (Lipinski definition) is 1. The third kappa shape index (κ3) is 3.21. The predicted octanol–water partition coefficient (Wildman–Crippen LogP) is 3.90. The van der Waals surface area contributed by atoms with E-state index in [1.165, 1.54) is 0 Å². The lowest BCUT2D eigenvalue weighted by Gasteiger charge is -1.99. The van der Waals surface area contributed by atoms with Gasteiger partial charge in [-0.3, -0.25) is 5.43 Å². The van der Waals surface area contributed by atoms with Crippen LogP contribution in [0, 0.1) is 0 Å². The van der Waals surface area contributed by atoms with Crippen LogP contribution in [0.2, 0.25) is 0 Å². The fourth-order valence-corrected chi connectivity index (χ4v) is 1.51.